The predicted molar refractivity (Wildman–Crippen MR) is 74.9 cm³/mol. The fourth-order valence-electron chi connectivity index (χ4n) is 1.86. The predicted octanol–water partition coefficient (Wildman–Crippen LogP) is 1.65. The van der Waals surface area contributed by atoms with Crippen molar-refractivity contribution in [3.8, 4) is 0 Å². The highest BCUT2D eigenvalue weighted by Gasteiger charge is 2.11. The molecule has 3 heterocycles. The molecule has 0 saturated heterocycles. The van der Waals surface area contributed by atoms with Gasteiger partial charge in [0.1, 0.15) is 15.9 Å². The Hall–Kier alpha value is -1.73. The first-order valence-corrected chi connectivity index (χ1v) is 6.43. The number of aliphatic hydroxyl groups excluding tert-OH is 1. The van der Waals surface area contributed by atoms with Crippen LogP contribution in [0.2, 0.25) is 0 Å². The molecule has 0 radical (unpaired) electrons. The molecule has 19 heavy (non-hydrogen) atoms. The summed E-state index contributed by atoms with van der Waals surface area (Å²) in [6, 6.07) is 0. The van der Waals surface area contributed by atoms with Crippen LogP contribution in [0.15, 0.2) is 35.7 Å². The van der Waals surface area contributed by atoms with E-state index in [1.54, 1.807) is 18.7 Å². The molecule has 0 fully saturated rings. The molecule has 0 atom stereocenters. The van der Waals surface area contributed by atoms with E-state index >= 15 is 0 Å². The quantitative estimate of drug-likeness (QED) is 0.778. The van der Waals surface area contributed by atoms with Crippen LogP contribution in [0.25, 0.3) is 5.52 Å². The van der Waals surface area contributed by atoms with Crippen LogP contribution in [0, 0.1) is 6.92 Å². The molecule has 0 amide bonds. The van der Waals surface area contributed by atoms with Gasteiger partial charge in [0.2, 0.25) is 0 Å². The maximum atomic E-state index is 7.00. The lowest BCUT2D eigenvalue weighted by atomic mass is 10.4. The van der Waals surface area contributed by atoms with Crippen LogP contribution in [0.5, 0.6) is 0 Å². The third-order valence-electron chi connectivity index (χ3n) is 2.65. The number of nitrogens with zero attached hydrogens (tertiary/aromatic N) is 5. The molecule has 0 spiro atoms. The van der Waals surface area contributed by atoms with Gasteiger partial charge < -0.3 is 9.67 Å². The second-order valence-electron chi connectivity index (χ2n) is 3.79. The van der Waals surface area contributed by atoms with E-state index in [9.17, 15) is 0 Å². The zero-order valence-electron chi connectivity index (χ0n) is 10.7. The maximum absolute atomic E-state index is 7.00. The fraction of sp³-hybridized carbons (Fsp3) is 0.250. The number of halogens is 1. The standard InChI is InChI=1S/C11H10BrN5.CH4O/c1-8-10-11(12)15-9(17(10)5-3-14-8)6-16-4-2-13-7-16;1-2/h2-5,7H,6H2,1H3;2H,1H3. The van der Waals surface area contributed by atoms with E-state index in [1.165, 1.54) is 0 Å². The molecule has 0 aliphatic rings. The summed E-state index contributed by atoms with van der Waals surface area (Å²) in [4.78, 5) is 12.8. The number of hydrogen-bond acceptors (Lipinski definition) is 4. The number of fused-ring (bicyclic) bond motifs is 1. The van der Waals surface area contributed by atoms with Crippen molar-refractivity contribution in [1.82, 2.24) is 23.9 Å². The Kier molecular flexibility index (Phi) is 4.28. The van der Waals surface area contributed by atoms with E-state index in [1.807, 2.05) is 28.3 Å². The highest BCUT2D eigenvalue weighted by atomic mass is 79.9. The molecule has 3 aromatic rings. The van der Waals surface area contributed by atoms with Crippen LogP contribution in [0.3, 0.4) is 0 Å². The molecule has 100 valence electrons. The van der Waals surface area contributed by atoms with Crippen molar-refractivity contribution in [3.05, 3.63) is 47.2 Å². The van der Waals surface area contributed by atoms with Gasteiger partial charge in [0.15, 0.2) is 0 Å². The first-order valence-electron chi connectivity index (χ1n) is 5.64. The molecule has 7 heteroatoms. The first kappa shape index (κ1) is 13.7. The van der Waals surface area contributed by atoms with Gasteiger partial charge in [0.05, 0.1) is 18.6 Å². The zero-order valence-corrected chi connectivity index (χ0v) is 12.2. The third-order valence-corrected chi connectivity index (χ3v) is 3.20. The maximum Gasteiger partial charge on any atom is 0.134 e. The molecule has 0 unspecified atom stereocenters. The molecule has 3 rings (SSSR count). The van der Waals surface area contributed by atoms with Gasteiger partial charge in [-0.15, -0.1) is 0 Å². The largest absolute Gasteiger partial charge is 0.400 e. The summed E-state index contributed by atoms with van der Waals surface area (Å²) in [5.41, 5.74) is 1.98. The van der Waals surface area contributed by atoms with Crippen molar-refractivity contribution in [2.45, 2.75) is 13.5 Å². The van der Waals surface area contributed by atoms with Crippen LogP contribution >= 0.6 is 15.9 Å². The first-order chi connectivity index (χ1) is 9.25. The van der Waals surface area contributed by atoms with Crippen LogP contribution < -0.4 is 0 Å². The Balaban J connectivity index is 0.000000637. The van der Waals surface area contributed by atoms with Crippen molar-refractivity contribution in [2.75, 3.05) is 7.11 Å². The Morgan fingerprint density at radius 1 is 1.26 bits per heavy atom. The van der Waals surface area contributed by atoms with Gasteiger partial charge in [-0.25, -0.2) is 9.97 Å². The average molecular weight is 324 g/mol. The van der Waals surface area contributed by atoms with Crippen molar-refractivity contribution in [2.24, 2.45) is 0 Å². The lowest BCUT2D eigenvalue weighted by molar-refractivity contribution is 0.399. The number of hydrogen-bond donors (Lipinski definition) is 1. The van der Waals surface area contributed by atoms with E-state index in [2.05, 4.69) is 30.9 Å². The van der Waals surface area contributed by atoms with Crippen molar-refractivity contribution < 1.29 is 5.11 Å². The highest BCUT2D eigenvalue weighted by molar-refractivity contribution is 9.10. The van der Waals surface area contributed by atoms with Gasteiger partial charge in [-0.2, -0.15) is 0 Å². The van der Waals surface area contributed by atoms with E-state index in [0.29, 0.717) is 6.54 Å². The minimum absolute atomic E-state index is 0.691. The molecule has 0 saturated carbocycles. The van der Waals surface area contributed by atoms with Gasteiger partial charge in [-0.1, -0.05) is 0 Å². The van der Waals surface area contributed by atoms with Crippen molar-refractivity contribution in [1.29, 1.82) is 0 Å². The van der Waals surface area contributed by atoms with Crippen LogP contribution in [-0.2, 0) is 6.54 Å². The number of aromatic nitrogens is 5. The Bertz CT molecular complexity index is 662. The summed E-state index contributed by atoms with van der Waals surface area (Å²) in [6.07, 6.45) is 9.17. The van der Waals surface area contributed by atoms with Crippen molar-refractivity contribution >= 4 is 21.4 Å². The SMILES string of the molecule is CO.Cc1nccn2c(Cn3ccnc3)nc(Br)c12. The van der Waals surface area contributed by atoms with E-state index in [4.69, 9.17) is 5.11 Å². The highest BCUT2D eigenvalue weighted by Crippen LogP contribution is 2.21. The number of aryl methyl sites for hydroxylation is 1. The summed E-state index contributed by atoms with van der Waals surface area (Å²) < 4.78 is 4.86. The second kappa shape index (κ2) is 5.94. The molecule has 0 aliphatic heterocycles. The molecule has 0 aliphatic carbocycles. The normalized spacial score (nSPS) is 10.3. The van der Waals surface area contributed by atoms with Gasteiger partial charge in [0.25, 0.3) is 0 Å². The summed E-state index contributed by atoms with van der Waals surface area (Å²) >= 11 is 3.48. The van der Waals surface area contributed by atoms with Gasteiger partial charge >= 0.3 is 0 Å². The average Bonchev–Trinajstić information content (AvgIpc) is 3.02. The monoisotopic (exact) mass is 323 g/mol. The van der Waals surface area contributed by atoms with Gasteiger partial charge in [0, 0.05) is 31.9 Å². The molecule has 6 nitrogen and oxygen atoms in total. The molecule has 0 bridgehead atoms. The number of rotatable bonds is 2. The topological polar surface area (TPSA) is 68.2 Å². The summed E-state index contributed by atoms with van der Waals surface area (Å²) in [6.45, 7) is 2.67. The molecule has 0 aromatic carbocycles. The third kappa shape index (κ3) is 2.66. The smallest absolute Gasteiger partial charge is 0.134 e. The van der Waals surface area contributed by atoms with Crippen LogP contribution in [-0.4, -0.2) is 36.1 Å². The van der Waals surface area contributed by atoms with E-state index in [0.717, 1.165) is 28.7 Å². The van der Waals surface area contributed by atoms with Crippen LogP contribution in [0.4, 0.5) is 0 Å². The second-order valence-corrected chi connectivity index (χ2v) is 4.54. The minimum Gasteiger partial charge on any atom is -0.400 e. The molecule has 1 N–H and O–H groups in total. The Morgan fingerprint density at radius 3 is 2.74 bits per heavy atom. The molecule has 3 aromatic heterocycles. The fourth-order valence-corrected chi connectivity index (χ4v) is 2.54. The minimum atomic E-state index is 0.691. The molecular weight excluding hydrogens is 310 g/mol. The summed E-state index contributed by atoms with van der Waals surface area (Å²) in [5.74, 6) is 0.954. The van der Waals surface area contributed by atoms with Gasteiger partial charge in [-0.3, -0.25) is 9.38 Å². The van der Waals surface area contributed by atoms with Gasteiger partial charge in [-0.05, 0) is 22.9 Å². The number of imidazole rings is 2. The van der Waals surface area contributed by atoms with Crippen molar-refractivity contribution in [3.63, 3.8) is 0 Å². The van der Waals surface area contributed by atoms with E-state index < -0.39 is 0 Å². The summed E-state index contributed by atoms with van der Waals surface area (Å²) in [7, 11) is 1.00. The number of aliphatic hydroxyl groups is 1. The Morgan fingerprint density at radius 2 is 2.05 bits per heavy atom. The molecular formula is C12H14BrN5O. The van der Waals surface area contributed by atoms with Crippen LogP contribution in [0.1, 0.15) is 11.5 Å². The zero-order chi connectivity index (χ0) is 13.8. The lowest BCUT2D eigenvalue weighted by Gasteiger charge is -2.02. The summed E-state index contributed by atoms with van der Waals surface area (Å²) in [5, 5.41) is 7.00. The van der Waals surface area contributed by atoms with E-state index in [-0.39, 0.29) is 0 Å². The lowest BCUT2D eigenvalue weighted by Crippen LogP contribution is -2.02. The Labute approximate surface area is 118 Å².